The van der Waals surface area contributed by atoms with E-state index in [9.17, 15) is 5.11 Å². The summed E-state index contributed by atoms with van der Waals surface area (Å²) in [5.41, 5.74) is 2.68. The highest BCUT2D eigenvalue weighted by Gasteiger charge is 2.25. The van der Waals surface area contributed by atoms with Crippen molar-refractivity contribution in [2.75, 3.05) is 20.1 Å². The van der Waals surface area contributed by atoms with Gasteiger partial charge in [0.2, 0.25) is 0 Å². The number of likely N-dealkylation sites (tertiary alicyclic amines) is 1. The summed E-state index contributed by atoms with van der Waals surface area (Å²) in [6.45, 7) is 2.17. The fraction of sp³-hybridized carbons (Fsp3) is 0.333. The van der Waals surface area contributed by atoms with Crippen LogP contribution in [-0.4, -0.2) is 44.7 Å². The predicted octanol–water partition coefficient (Wildman–Crippen LogP) is 2.94. The maximum Gasteiger partial charge on any atom is 0.164 e. The van der Waals surface area contributed by atoms with Crippen molar-refractivity contribution in [3.63, 3.8) is 0 Å². The van der Waals surface area contributed by atoms with Gasteiger partial charge >= 0.3 is 0 Å². The molecule has 0 radical (unpaired) electrons. The number of benzene rings is 1. The zero-order valence-corrected chi connectivity index (χ0v) is 13.2. The van der Waals surface area contributed by atoms with Crippen LogP contribution in [-0.2, 0) is 0 Å². The van der Waals surface area contributed by atoms with Crippen LogP contribution < -0.4 is 0 Å². The highest BCUT2D eigenvalue weighted by Crippen LogP contribution is 2.32. The van der Waals surface area contributed by atoms with Gasteiger partial charge < -0.3 is 10.0 Å². The van der Waals surface area contributed by atoms with Gasteiger partial charge in [-0.2, -0.15) is 0 Å². The largest absolute Gasteiger partial charge is 0.508 e. The van der Waals surface area contributed by atoms with E-state index in [1.165, 1.54) is 0 Å². The molecule has 1 N–H and O–H groups in total. The Morgan fingerprint density at radius 2 is 1.96 bits per heavy atom. The highest BCUT2D eigenvalue weighted by molar-refractivity contribution is 5.74. The van der Waals surface area contributed by atoms with Gasteiger partial charge in [0, 0.05) is 18.2 Å². The number of nitrogens with zero attached hydrogens (tertiary/aromatic N) is 4. The Hall–Kier alpha value is -2.40. The first kappa shape index (κ1) is 14.2. The van der Waals surface area contributed by atoms with Crippen molar-refractivity contribution in [2.45, 2.75) is 18.8 Å². The van der Waals surface area contributed by atoms with Gasteiger partial charge in [0.15, 0.2) is 5.65 Å². The van der Waals surface area contributed by atoms with E-state index in [1.807, 2.05) is 24.3 Å². The van der Waals surface area contributed by atoms with Crippen LogP contribution >= 0.6 is 0 Å². The maximum absolute atomic E-state index is 9.86. The summed E-state index contributed by atoms with van der Waals surface area (Å²) in [5.74, 6) is 1.73. The lowest BCUT2D eigenvalue weighted by molar-refractivity contribution is 0.250. The summed E-state index contributed by atoms with van der Waals surface area (Å²) in [7, 11) is 2.16. The number of phenols is 1. The molecule has 5 heteroatoms. The van der Waals surface area contributed by atoms with Crippen LogP contribution in [0.1, 0.15) is 24.6 Å². The van der Waals surface area contributed by atoms with Crippen molar-refractivity contribution < 1.29 is 5.11 Å². The molecule has 5 nitrogen and oxygen atoms in total. The highest BCUT2D eigenvalue weighted by atomic mass is 16.3. The maximum atomic E-state index is 9.86. The second-order valence-corrected chi connectivity index (χ2v) is 6.25. The third-order valence-electron chi connectivity index (χ3n) is 4.61. The van der Waals surface area contributed by atoms with Crippen LogP contribution in [0.4, 0.5) is 0 Å². The molecule has 1 saturated heterocycles. The van der Waals surface area contributed by atoms with Crippen molar-refractivity contribution in [2.24, 2.45) is 0 Å². The van der Waals surface area contributed by atoms with Crippen LogP contribution in [0, 0.1) is 0 Å². The topological polar surface area (TPSA) is 54.2 Å². The van der Waals surface area contributed by atoms with E-state index in [2.05, 4.69) is 21.5 Å². The Kier molecular flexibility index (Phi) is 3.50. The molecule has 0 bridgehead atoms. The van der Waals surface area contributed by atoms with Crippen molar-refractivity contribution in [3.05, 3.63) is 48.4 Å². The molecule has 1 aromatic carbocycles. The van der Waals surface area contributed by atoms with Crippen molar-refractivity contribution >= 4 is 11.2 Å². The van der Waals surface area contributed by atoms with Crippen LogP contribution in [0.3, 0.4) is 0 Å². The lowest BCUT2D eigenvalue weighted by atomic mass is 9.96. The van der Waals surface area contributed by atoms with E-state index >= 15 is 0 Å². The molecule has 0 amide bonds. The zero-order chi connectivity index (χ0) is 15.8. The van der Waals surface area contributed by atoms with E-state index in [4.69, 9.17) is 4.98 Å². The molecule has 0 spiro atoms. The molecule has 0 atom stereocenters. The Morgan fingerprint density at radius 1 is 1.13 bits per heavy atom. The number of imidazole rings is 1. The Labute approximate surface area is 135 Å². The zero-order valence-electron chi connectivity index (χ0n) is 13.2. The first-order valence-electron chi connectivity index (χ1n) is 8.03. The Bertz CT molecular complexity index is 834. The van der Waals surface area contributed by atoms with Gasteiger partial charge in [0.05, 0.1) is 5.69 Å². The van der Waals surface area contributed by atoms with Gasteiger partial charge in [0.1, 0.15) is 17.1 Å². The number of phenolic OH excluding ortho intramolecular Hbond substituents is 1. The fourth-order valence-corrected chi connectivity index (χ4v) is 3.36. The molecule has 2 aromatic heterocycles. The van der Waals surface area contributed by atoms with Gasteiger partial charge in [-0.15, -0.1) is 0 Å². The van der Waals surface area contributed by atoms with Crippen LogP contribution in [0.2, 0.25) is 0 Å². The Balaban J connectivity index is 1.88. The van der Waals surface area contributed by atoms with Gasteiger partial charge in [-0.05, 0) is 57.2 Å². The molecule has 0 unspecified atom stereocenters. The van der Waals surface area contributed by atoms with Gasteiger partial charge in [-0.3, -0.25) is 4.57 Å². The summed E-state index contributed by atoms with van der Waals surface area (Å²) in [5, 5.41) is 9.86. The number of rotatable bonds is 2. The molecule has 1 fully saturated rings. The second kappa shape index (κ2) is 5.66. The summed E-state index contributed by atoms with van der Waals surface area (Å²) < 4.78 is 2.10. The van der Waals surface area contributed by atoms with Crippen LogP contribution in [0.15, 0.2) is 42.6 Å². The quantitative estimate of drug-likeness (QED) is 0.791. The molecule has 0 aliphatic carbocycles. The molecule has 3 heterocycles. The molecular formula is C18H20N4O. The SMILES string of the molecule is CN1CCC(c2nc3cccnc3n2-c2cccc(O)c2)CC1. The minimum atomic E-state index is 0.259. The van der Waals surface area contributed by atoms with E-state index in [0.29, 0.717) is 5.92 Å². The number of piperidine rings is 1. The molecular weight excluding hydrogens is 288 g/mol. The predicted molar refractivity (Wildman–Crippen MR) is 90.0 cm³/mol. The fourth-order valence-electron chi connectivity index (χ4n) is 3.36. The second-order valence-electron chi connectivity index (χ2n) is 6.25. The average molecular weight is 308 g/mol. The lowest BCUT2D eigenvalue weighted by Gasteiger charge is -2.28. The average Bonchev–Trinajstić information content (AvgIpc) is 2.95. The van der Waals surface area contributed by atoms with Crippen LogP contribution in [0.5, 0.6) is 5.75 Å². The third kappa shape index (κ3) is 2.57. The minimum Gasteiger partial charge on any atom is -0.508 e. The van der Waals surface area contributed by atoms with Gasteiger partial charge in [-0.25, -0.2) is 9.97 Å². The number of hydrogen-bond acceptors (Lipinski definition) is 4. The van der Waals surface area contributed by atoms with Crippen molar-refractivity contribution in [1.82, 2.24) is 19.4 Å². The molecule has 3 aromatic rings. The number of aromatic hydroxyl groups is 1. The smallest absolute Gasteiger partial charge is 0.164 e. The normalized spacial score (nSPS) is 16.9. The van der Waals surface area contributed by atoms with E-state index < -0.39 is 0 Å². The standard InChI is InChI=1S/C18H20N4O/c1-21-10-7-13(8-11-21)17-20-16-6-3-9-19-18(16)22(17)14-4-2-5-15(23)12-14/h2-6,9,12-13,23H,7-8,10-11H2,1H3. The number of aromatic nitrogens is 3. The van der Waals surface area contributed by atoms with Crippen molar-refractivity contribution in [1.29, 1.82) is 0 Å². The third-order valence-corrected chi connectivity index (χ3v) is 4.61. The Morgan fingerprint density at radius 3 is 2.74 bits per heavy atom. The summed E-state index contributed by atoms with van der Waals surface area (Å²) >= 11 is 0. The summed E-state index contributed by atoms with van der Waals surface area (Å²) in [6.07, 6.45) is 3.99. The number of fused-ring (bicyclic) bond motifs is 1. The summed E-state index contributed by atoms with van der Waals surface area (Å²) in [4.78, 5) is 11.8. The molecule has 118 valence electrons. The first-order chi connectivity index (χ1) is 11.2. The van der Waals surface area contributed by atoms with E-state index in [1.54, 1.807) is 18.3 Å². The molecule has 1 aliphatic rings. The monoisotopic (exact) mass is 308 g/mol. The van der Waals surface area contributed by atoms with Gasteiger partial charge in [-0.1, -0.05) is 6.07 Å². The molecule has 23 heavy (non-hydrogen) atoms. The number of hydrogen-bond donors (Lipinski definition) is 1. The summed E-state index contributed by atoms with van der Waals surface area (Å²) in [6, 6.07) is 11.2. The first-order valence-corrected chi connectivity index (χ1v) is 8.03. The lowest BCUT2D eigenvalue weighted by Crippen LogP contribution is -2.30. The molecule has 1 aliphatic heterocycles. The van der Waals surface area contributed by atoms with Gasteiger partial charge in [0.25, 0.3) is 0 Å². The molecule has 0 saturated carbocycles. The van der Waals surface area contributed by atoms with Crippen molar-refractivity contribution in [3.8, 4) is 11.4 Å². The minimum absolute atomic E-state index is 0.259. The van der Waals surface area contributed by atoms with Crippen LogP contribution in [0.25, 0.3) is 16.9 Å². The van der Waals surface area contributed by atoms with E-state index in [0.717, 1.165) is 48.6 Å². The van der Waals surface area contributed by atoms with E-state index in [-0.39, 0.29) is 5.75 Å². The number of pyridine rings is 1. The molecule has 4 rings (SSSR count).